The van der Waals surface area contributed by atoms with Crippen molar-refractivity contribution >= 4 is 13.1 Å². The molecule has 9 nitrogen and oxygen atoms in total. The number of likely N-dealkylation sites (tertiary alicyclic amines) is 1. The second kappa shape index (κ2) is 8.34. The Morgan fingerprint density at radius 1 is 1.26 bits per heavy atom. The van der Waals surface area contributed by atoms with Crippen LogP contribution in [0, 0.1) is 0 Å². The smallest absolute Gasteiger partial charge is 0.451 e. The third-order valence-electron chi connectivity index (χ3n) is 4.38. The fourth-order valence-corrected chi connectivity index (χ4v) is 2.98. The van der Waals surface area contributed by atoms with Gasteiger partial charge in [-0.05, 0) is 36.0 Å². The number of nitrogens with zero attached hydrogens (tertiary/aromatic N) is 3. The third kappa shape index (κ3) is 4.73. The molecule has 1 aromatic heterocycles. The summed E-state index contributed by atoms with van der Waals surface area (Å²) in [4.78, 5) is 13.7. The van der Waals surface area contributed by atoms with E-state index in [1.807, 2.05) is 6.07 Å². The molecule has 0 bridgehead atoms. The van der Waals surface area contributed by atoms with Crippen molar-refractivity contribution in [1.29, 1.82) is 0 Å². The normalized spacial score (nSPS) is 14.6. The predicted molar refractivity (Wildman–Crippen MR) is 95.5 cm³/mol. The Morgan fingerprint density at radius 2 is 2.04 bits per heavy atom. The number of carboxylic acids is 1. The Hall–Kier alpha value is -2.69. The maximum Gasteiger partial charge on any atom is 0.451 e. The highest BCUT2D eigenvalue weighted by molar-refractivity contribution is 6.41. The van der Waals surface area contributed by atoms with E-state index in [0.29, 0.717) is 25.2 Å². The van der Waals surface area contributed by atoms with Crippen LogP contribution < -0.4 is 4.74 Å². The van der Waals surface area contributed by atoms with E-state index < -0.39 is 18.8 Å². The van der Waals surface area contributed by atoms with Gasteiger partial charge in [0.05, 0.1) is 6.20 Å². The van der Waals surface area contributed by atoms with Crippen LogP contribution in [0.3, 0.4) is 0 Å². The molecule has 27 heavy (non-hydrogen) atoms. The minimum atomic E-state index is -1.52. The van der Waals surface area contributed by atoms with Gasteiger partial charge in [0.1, 0.15) is 23.2 Å². The second-order valence-corrected chi connectivity index (χ2v) is 6.46. The van der Waals surface area contributed by atoms with Crippen molar-refractivity contribution in [3.05, 3.63) is 47.3 Å². The van der Waals surface area contributed by atoms with Gasteiger partial charge in [-0.25, -0.2) is 4.79 Å². The summed E-state index contributed by atoms with van der Waals surface area (Å²) in [6.07, 6.45) is 3.27. The number of ether oxygens (including phenoxy) is 1. The number of hydrogen-bond acceptors (Lipinski definition) is 8. The lowest BCUT2D eigenvalue weighted by Gasteiger charge is -2.39. The van der Waals surface area contributed by atoms with E-state index in [9.17, 15) is 15.0 Å². The lowest BCUT2D eigenvalue weighted by atomic mass is 9.82. The molecule has 0 amide bonds. The van der Waals surface area contributed by atoms with Crippen LogP contribution in [-0.4, -0.2) is 67.6 Å². The fourth-order valence-electron chi connectivity index (χ4n) is 2.98. The summed E-state index contributed by atoms with van der Waals surface area (Å²) in [5.74, 6) is -1.60. The van der Waals surface area contributed by atoms with E-state index in [1.165, 1.54) is 6.07 Å². The maximum atomic E-state index is 11.6. The van der Waals surface area contributed by atoms with Gasteiger partial charge < -0.3 is 25.0 Å². The lowest BCUT2D eigenvalue weighted by molar-refractivity contribution is 0.0134. The number of carboxylic acid groups (broad SMARTS) is 1. The highest BCUT2D eigenvalue weighted by atomic mass is 16.5. The van der Waals surface area contributed by atoms with E-state index in [2.05, 4.69) is 15.1 Å². The highest BCUT2D eigenvalue weighted by Gasteiger charge is 2.30. The standard InChI is InChI=1S/C17H20BN3O6/c22-16-12(3-5-18(25)26)1-2-14(15(16)17(23)24)27-13-9-21(10-13)8-11-4-6-19-20-7-11/h1-2,4,6-7,13,22,25-26H,3,5,8-10H2,(H,23,24). The molecule has 1 aliphatic heterocycles. The van der Waals surface area contributed by atoms with Crippen LogP contribution in [0.1, 0.15) is 21.5 Å². The minimum absolute atomic E-state index is 0.00568. The molecule has 3 rings (SSSR count). The Balaban J connectivity index is 1.63. The van der Waals surface area contributed by atoms with Gasteiger partial charge in [0.25, 0.3) is 0 Å². The van der Waals surface area contributed by atoms with Crippen molar-refractivity contribution in [1.82, 2.24) is 15.1 Å². The predicted octanol–water partition coefficient (Wildman–Crippen LogP) is 0.159. The van der Waals surface area contributed by atoms with Gasteiger partial charge in [-0.2, -0.15) is 10.2 Å². The Bertz CT molecular complexity index is 799. The molecule has 0 spiro atoms. The van der Waals surface area contributed by atoms with Gasteiger partial charge >= 0.3 is 13.1 Å². The second-order valence-electron chi connectivity index (χ2n) is 6.46. The molecule has 0 radical (unpaired) electrons. The first-order valence-electron chi connectivity index (χ1n) is 8.53. The van der Waals surface area contributed by atoms with Crippen LogP contribution >= 0.6 is 0 Å². The van der Waals surface area contributed by atoms with E-state index in [0.717, 1.165) is 5.56 Å². The zero-order valence-electron chi connectivity index (χ0n) is 14.5. The molecule has 4 N–H and O–H groups in total. The zero-order chi connectivity index (χ0) is 19.4. The van der Waals surface area contributed by atoms with Crippen molar-refractivity contribution < 1.29 is 29.8 Å². The Labute approximate surface area is 156 Å². The summed E-state index contributed by atoms with van der Waals surface area (Å²) in [6, 6.07) is 4.92. The number of carbonyl (C=O) groups is 1. The zero-order valence-corrected chi connectivity index (χ0v) is 14.5. The number of hydrogen-bond donors (Lipinski definition) is 4. The number of aryl methyl sites for hydroxylation is 1. The summed E-state index contributed by atoms with van der Waals surface area (Å²) in [7, 11) is -1.52. The average molecular weight is 373 g/mol. The number of aromatic nitrogens is 2. The summed E-state index contributed by atoms with van der Waals surface area (Å²) in [5, 5.41) is 45.1. The van der Waals surface area contributed by atoms with Crippen LogP contribution in [0.4, 0.5) is 0 Å². The maximum absolute atomic E-state index is 11.6. The monoisotopic (exact) mass is 373 g/mol. The largest absolute Gasteiger partial charge is 0.507 e. The van der Waals surface area contributed by atoms with Crippen LogP contribution in [-0.2, 0) is 13.0 Å². The van der Waals surface area contributed by atoms with Crippen molar-refractivity contribution in [3.63, 3.8) is 0 Å². The van der Waals surface area contributed by atoms with Crippen molar-refractivity contribution in [2.75, 3.05) is 13.1 Å². The van der Waals surface area contributed by atoms with Gasteiger partial charge in [-0.3, -0.25) is 4.90 Å². The molecule has 2 heterocycles. The quantitative estimate of drug-likeness (QED) is 0.477. The molecular formula is C17H20BN3O6. The number of phenols is 1. The summed E-state index contributed by atoms with van der Waals surface area (Å²) in [6.45, 7) is 1.95. The Morgan fingerprint density at radius 3 is 2.67 bits per heavy atom. The van der Waals surface area contributed by atoms with Gasteiger partial charge in [-0.15, -0.1) is 0 Å². The molecule has 0 aliphatic carbocycles. The molecule has 0 saturated carbocycles. The van der Waals surface area contributed by atoms with Crippen molar-refractivity contribution in [3.8, 4) is 11.5 Å². The van der Waals surface area contributed by atoms with Crippen LogP contribution in [0.2, 0.25) is 6.32 Å². The molecule has 0 unspecified atom stereocenters. The molecule has 10 heteroatoms. The number of aromatic hydroxyl groups is 1. The molecular weight excluding hydrogens is 353 g/mol. The topological polar surface area (TPSA) is 136 Å². The van der Waals surface area contributed by atoms with E-state index in [4.69, 9.17) is 14.8 Å². The average Bonchev–Trinajstić information content (AvgIpc) is 2.59. The first kappa shape index (κ1) is 19.1. The third-order valence-corrected chi connectivity index (χ3v) is 4.38. The molecule has 1 aliphatic rings. The first-order chi connectivity index (χ1) is 12.9. The lowest BCUT2D eigenvalue weighted by Crippen LogP contribution is -2.53. The Kier molecular flexibility index (Phi) is 5.89. The fraction of sp³-hybridized carbons (Fsp3) is 0.353. The first-order valence-corrected chi connectivity index (χ1v) is 8.53. The van der Waals surface area contributed by atoms with Gasteiger partial charge in [0.15, 0.2) is 0 Å². The molecule has 1 fully saturated rings. The molecule has 1 aromatic carbocycles. The SMILES string of the molecule is O=C(O)c1c(OC2CN(Cc3ccnnc3)C2)ccc(CCB(O)O)c1O. The molecule has 0 atom stereocenters. The van der Waals surface area contributed by atoms with E-state index in [1.54, 1.807) is 18.5 Å². The molecule has 142 valence electrons. The van der Waals surface area contributed by atoms with Crippen molar-refractivity contribution in [2.45, 2.75) is 25.4 Å². The summed E-state index contributed by atoms with van der Waals surface area (Å²) in [5.41, 5.74) is 1.05. The minimum Gasteiger partial charge on any atom is -0.507 e. The van der Waals surface area contributed by atoms with Gasteiger partial charge in [0.2, 0.25) is 0 Å². The van der Waals surface area contributed by atoms with Crippen LogP contribution in [0.5, 0.6) is 11.5 Å². The van der Waals surface area contributed by atoms with E-state index >= 15 is 0 Å². The number of benzene rings is 1. The molecule has 1 saturated heterocycles. The number of aromatic carboxylic acids is 1. The highest BCUT2D eigenvalue weighted by Crippen LogP contribution is 2.34. The number of rotatable bonds is 8. The van der Waals surface area contributed by atoms with Crippen LogP contribution in [0.25, 0.3) is 0 Å². The van der Waals surface area contributed by atoms with Crippen LogP contribution in [0.15, 0.2) is 30.6 Å². The van der Waals surface area contributed by atoms with E-state index in [-0.39, 0.29) is 30.2 Å². The molecule has 2 aromatic rings. The van der Waals surface area contributed by atoms with Crippen molar-refractivity contribution in [2.24, 2.45) is 0 Å². The van der Waals surface area contributed by atoms with Gasteiger partial charge in [-0.1, -0.05) is 6.07 Å². The summed E-state index contributed by atoms with van der Waals surface area (Å²) >= 11 is 0. The summed E-state index contributed by atoms with van der Waals surface area (Å²) < 4.78 is 5.76. The van der Waals surface area contributed by atoms with Gasteiger partial charge in [0, 0.05) is 25.8 Å².